The molecule has 1 atom stereocenters. The highest BCUT2D eigenvalue weighted by atomic mass is 15.3. The van der Waals surface area contributed by atoms with Crippen LogP contribution in [0.4, 0.5) is 0 Å². The normalized spacial score (nSPS) is 20.1. The molecule has 1 aromatic rings. The number of allylic oxidation sites excluding steroid dienone is 1. The molecule has 2 heteroatoms. The van der Waals surface area contributed by atoms with Gasteiger partial charge in [0.15, 0.2) is 0 Å². The third-order valence-corrected chi connectivity index (χ3v) is 3.99. The Labute approximate surface area is 138 Å². The Morgan fingerprint density at radius 1 is 0.955 bits per heavy atom. The first kappa shape index (κ1) is 18.5. The van der Waals surface area contributed by atoms with E-state index in [1.165, 1.54) is 49.8 Å². The first-order valence-electron chi connectivity index (χ1n) is 9.02. The van der Waals surface area contributed by atoms with Gasteiger partial charge in [-0.2, -0.15) is 5.10 Å². The van der Waals surface area contributed by atoms with Crippen molar-refractivity contribution in [1.82, 2.24) is 5.43 Å². The molecular formula is C20H34N2. The lowest BCUT2D eigenvalue weighted by Gasteiger charge is -2.27. The summed E-state index contributed by atoms with van der Waals surface area (Å²) in [7, 11) is 0. The van der Waals surface area contributed by atoms with Gasteiger partial charge in [-0.05, 0) is 30.4 Å². The fourth-order valence-corrected chi connectivity index (χ4v) is 3.01. The molecule has 2 nitrogen and oxygen atoms in total. The summed E-state index contributed by atoms with van der Waals surface area (Å²) in [5, 5.41) is 4.55. The van der Waals surface area contributed by atoms with Crippen LogP contribution in [0.5, 0.6) is 0 Å². The van der Waals surface area contributed by atoms with E-state index in [1.807, 2.05) is 27.7 Å². The Hall–Kier alpha value is -1.57. The standard InChI is InChI=1S/C16H20N2.2C2H6.H2/c1-2-7-11-15-14(10-4-1)12-17-18-16(15)13-8-5-3-6-9-13;2*1-2;/h3,5-6,8-9,12,15,17H,1-2,4,7,10-11H2;2*1-2H3;1H. The summed E-state index contributed by atoms with van der Waals surface area (Å²) >= 11 is 0. The number of nitrogens with zero attached hydrogens (tertiary/aromatic N) is 1. The van der Waals surface area contributed by atoms with Crippen LogP contribution in [-0.2, 0) is 0 Å². The van der Waals surface area contributed by atoms with Gasteiger partial charge in [0.1, 0.15) is 0 Å². The summed E-state index contributed by atoms with van der Waals surface area (Å²) in [4.78, 5) is 0. The molecule has 0 amide bonds. The lowest BCUT2D eigenvalue weighted by molar-refractivity contribution is 0.518. The molecule has 1 aliphatic heterocycles. The second-order valence-corrected chi connectivity index (χ2v) is 5.22. The van der Waals surface area contributed by atoms with Gasteiger partial charge in [-0.3, -0.25) is 5.43 Å². The van der Waals surface area contributed by atoms with Crippen LogP contribution in [0.25, 0.3) is 0 Å². The molecule has 0 radical (unpaired) electrons. The quantitative estimate of drug-likeness (QED) is 0.661. The van der Waals surface area contributed by atoms with Crippen LogP contribution in [0, 0.1) is 5.92 Å². The van der Waals surface area contributed by atoms with E-state index in [1.54, 1.807) is 5.57 Å². The summed E-state index contributed by atoms with van der Waals surface area (Å²) in [5.41, 5.74) is 7.15. The van der Waals surface area contributed by atoms with Gasteiger partial charge in [0.05, 0.1) is 5.71 Å². The predicted octanol–water partition coefficient (Wildman–Crippen LogP) is 6.15. The maximum Gasteiger partial charge on any atom is 0.0751 e. The number of hydrazone groups is 1. The van der Waals surface area contributed by atoms with E-state index < -0.39 is 0 Å². The van der Waals surface area contributed by atoms with Crippen LogP contribution in [0.15, 0.2) is 47.2 Å². The summed E-state index contributed by atoms with van der Waals surface area (Å²) in [5.74, 6) is 0.536. The largest absolute Gasteiger partial charge is 0.286 e. The minimum Gasteiger partial charge on any atom is -0.286 e. The molecule has 0 spiro atoms. The minimum atomic E-state index is 0. The molecule has 3 rings (SSSR count). The molecule has 1 aromatic carbocycles. The topological polar surface area (TPSA) is 24.4 Å². The molecule has 1 heterocycles. The lowest BCUT2D eigenvalue weighted by Crippen LogP contribution is -2.26. The smallest absolute Gasteiger partial charge is 0.0751 e. The molecular weight excluding hydrogens is 268 g/mol. The number of rotatable bonds is 1. The van der Waals surface area contributed by atoms with Crippen LogP contribution in [-0.4, -0.2) is 5.71 Å². The van der Waals surface area contributed by atoms with E-state index in [9.17, 15) is 0 Å². The molecule has 124 valence electrons. The highest BCUT2D eigenvalue weighted by molar-refractivity contribution is 6.04. The van der Waals surface area contributed by atoms with E-state index >= 15 is 0 Å². The zero-order chi connectivity index (χ0) is 16.2. The average Bonchev–Trinajstić information content (AvgIpc) is 2.59. The van der Waals surface area contributed by atoms with Crippen LogP contribution in [0.2, 0.25) is 0 Å². The van der Waals surface area contributed by atoms with Crippen molar-refractivity contribution in [2.45, 2.75) is 66.2 Å². The van der Waals surface area contributed by atoms with Crippen molar-refractivity contribution in [3.8, 4) is 0 Å². The number of hydrogen-bond donors (Lipinski definition) is 1. The van der Waals surface area contributed by atoms with Gasteiger partial charge in [-0.1, -0.05) is 77.3 Å². The molecule has 1 saturated carbocycles. The molecule has 1 fully saturated rings. The van der Waals surface area contributed by atoms with E-state index in [0.29, 0.717) is 5.92 Å². The van der Waals surface area contributed by atoms with E-state index in [0.717, 1.165) is 0 Å². The highest BCUT2D eigenvalue weighted by Crippen LogP contribution is 2.31. The zero-order valence-electron chi connectivity index (χ0n) is 14.7. The monoisotopic (exact) mass is 302 g/mol. The molecule has 0 aromatic heterocycles. The summed E-state index contributed by atoms with van der Waals surface area (Å²) < 4.78 is 0. The number of nitrogens with one attached hydrogen (secondary N) is 1. The summed E-state index contributed by atoms with van der Waals surface area (Å²) in [6.45, 7) is 8.00. The Balaban J connectivity index is 0.000000901. The van der Waals surface area contributed by atoms with Crippen molar-refractivity contribution in [2.24, 2.45) is 11.0 Å². The van der Waals surface area contributed by atoms with Crippen molar-refractivity contribution in [1.29, 1.82) is 0 Å². The molecule has 0 saturated heterocycles. The molecule has 2 aliphatic rings. The Kier molecular flexibility index (Phi) is 9.29. The highest BCUT2D eigenvalue weighted by Gasteiger charge is 2.25. The van der Waals surface area contributed by atoms with E-state index in [2.05, 4.69) is 47.1 Å². The van der Waals surface area contributed by atoms with Gasteiger partial charge in [-0.15, -0.1) is 0 Å². The van der Waals surface area contributed by atoms with E-state index in [-0.39, 0.29) is 1.43 Å². The number of hydrogen-bond acceptors (Lipinski definition) is 2. The Morgan fingerprint density at radius 3 is 2.36 bits per heavy atom. The van der Waals surface area contributed by atoms with Crippen LogP contribution in [0.3, 0.4) is 0 Å². The second-order valence-electron chi connectivity index (χ2n) is 5.22. The molecule has 1 aliphatic carbocycles. The molecule has 0 bridgehead atoms. The van der Waals surface area contributed by atoms with Gasteiger partial charge >= 0.3 is 0 Å². The third kappa shape index (κ3) is 5.01. The van der Waals surface area contributed by atoms with Gasteiger partial charge in [0.2, 0.25) is 0 Å². The summed E-state index contributed by atoms with van der Waals surface area (Å²) in [6, 6.07) is 10.6. The fraction of sp³-hybridized carbons (Fsp3) is 0.550. The SMILES string of the molecule is C1=C2CCCCCCC2C(c2ccccc2)=NN1.CC.CC.[HH]. The van der Waals surface area contributed by atoms with E-state index in [4.69, 9.17) is 0 Å². The van der Waals surface area contributed by atoms with Gasteiger partial charge in [0, 0.05) is 13.5 Å². The van der Waals surface area contributed by atoms with Gasteiger partial charge in [-0.25, -0.2) is 0 Å². The first-order chi connectivity index (χ1) is 10.9. The predicted molar refractivity (Wildman–Crippen MR) is 100 cm³/mol. The first-order valence-corrected chi connectivity index (χ1v) is 9.02. The Bertz CT molecular complexity index is 466. The summed E-state index contributed by atoms with van der Waals surface area (Å²) in [6.07, 6.45) is 10.0. The average molecular weight is 303 g/mol. The fourth-order valence-electron chi connectivity index (χ4n) is 3.01. The molecule has 1 unspecified atom stereocenters. The van der Waals surface area contributed by atoms with Crippen molar-refractivity contribution in [3.63, 3.8) is 0 Å². The van der Waals surface area contributed by atoms with Gasteiger partial charge in [0.25, 0.3) is 0 Å². The number of benzene rings is 1. The number of fused-ring (bicyclic) bond motifs is 1. The van der Waals surface area contributed by atoms with Crippen LogP contribution >= 0.6 is 0 Å². The zero-order valence-corrected chi connectivity index (χ0v) is 14.7. The van der Waals surface area contributed by atoms with Crippen molar-refractivity contribution < 1.29 is 1.43 Å². The van der Waals surface area contributed by atoms with Crippen LogP contribution in [0.1, 0.15) is 73.2 Å². The maximum absolute atomic E-state index is 4.55. The minimum absolute atomic E-state index is 0. The maximum atomic E-state index is 4.55. The lowest BCUT2D eigenvalue weighted by atomic mass is 9.81. The third-order valence-electron chi connectivity index (χ3n) is 3.99. The van der Waals surface area contributed by atoms with Gasteiger partial charge < -0.3 is 0 Å². The van der Waals surface area contributed by atoms with Crippen molar-refractivity contribution in [2.75, 3.05) is 0 Å². The molecule has 22 heavy (non-hydrogen) atoms. The van der Waals surface area contributed by atoms with Crippen LogP contribution < -0.4 is 5.43 Å². The van der Waals surface area contributed by atoms with Crippen molar-refractivity contribution >= 4 is 5.71 Å². The van der Waals surface area contributed by atoms with Crippen molar-refractivity contribution in [3.05, 3.63) is 47.7 Å². The molecule has 1 N–H and O–H groups in total. The Morgan fingerprint density at radius 2 is 1.64 bits per heavy atom. The second kappa shape index (κ2) is 11.1.